The monoisotopic (exact) mass is 315 g/mol. The Balaban J connectivity index is 1.91. The number of benzene rings is 1. The number of amides is 1. The largest absolute Gasteiger partial charge is 0.391 e. The van der Waals surface area contributed by atoms with Crippen molar-refractivity contribution in [3.63, 3.8) is 0 Å². The Morgan fingerprint density at radius 2 is 1.91 bits per heavy atom. The zero-order valence-corrected chi connectivity index (χ0v) is 12.9. The molecule has 0 bridgehead atoms. The number of aliphatic hydroxyl groups is 1. The summed E-state index contributed by atoms with van der Waals surface area (Å²) in [5.74, 6) is -0.309. The highest BCUT2D eigenvalue weighted by atomic mass is 32.1. The highest BCUT2D eigenvalue weighted by molar-refractivity contribution is 7.12. The molecule has 4 nitrogen and oxygen atoms in total. The van der Waals surface area contributed by atoms with Gasteiger partial charge < -0.3 is 10.0 Å². The third-order valence-electron chi connectivity index (χ3n) is 3.83. The number of likely N-dealkylation sites (tertiary alicyclic amines) is 1. The standard InChI is InChI=1S/C17H17NO3S/c19-12-5-3-9-18(11-12)17(21)14-7-2-1-6-13(14)16(20)15-8-4-10-22-15/h1-2,4,6-8,10,12,19H,3,5,9,11H2. The van der Waals surface area contributed by atoms with Crippen molar-refractivity contribution in [2.45, 2.75) is 18.9 Å². The molecule has 1 aromatic carbocycles. The van der Waals surface area contributed by atoms with Crippen LogP contribution < -0.4 is 0 Å². The summed E-state index contributed by atoms with van der Waals surface area (Å²) in [6, 6.07) is 10.5. The number of hydrogen-bond acceptors (Lipinski definition) is 4. The van der Waals surface area contributed by atoms with Gasteiger partial charge in [0.15, 0.2) is 0 Å². The highest BCUT2D eigenvalue weighted by Gasteiger charge is 2.26. The van der Waals surface area contributed by atoms with E-state index in [4.69, 9.17) is 0 Å². The molecular weight excluding hydrogens is 298 g/mol. The predicted molar refractivity (Wildman–Crippen MR) is 85.3 cm³/mol. The van der Waals surface area contributed by atoms with E-state index in [0.717, 1.165) is 12.8 Å². The van der Waals surface area contributed by atoms with Crippen LogP contribution in [-0.4, -0.2) is 40.9 Å². The van der Waals surface area contributed by atoms with Crippen LogP contribution in [0.4, 0.5) is 0 Å². The molecule has 3 rings (SSSR count). The van der Waals surface area contributed by atoms with Crippen LogP contribution in [0.2, 0.25) is 0 Å². The molecule has 1 N–H and O–H groups in total. The first-order chi connectivity index (χ1) is 10.7. The second kappa shape index (κ2) is 6.42. The maximum Gasteiger partial charge on any atom is 0.254 e. The lowest BCUT2D eigenvalue weighted by molar-refractivity contribution is 0.0472. The molecule has 2 heterocycles. The van der Waals surface area contributed by atoms with Crippen LogP contribution in [0.3, 0.4) is 0 Å². The molecule has 5 heteroatoms. The first-order valence-electron chi connectivity index (χ1n) is 7.31. The van der Waals surface area contributed by atoms with Crippen molar-refractivity contribution in [1.82, 2.24) is 4.90 Å². The summed E-state index contributed by atoms with van der Waals surface area (Å²) in [6.45, 7) is 0.956. The Hall–Kier alpha value is -1.98. The second-order valence-electron chi connectivity index (χ2n) is 5.40. The van der Waals surface area contributed by atoms with E-state index in [2.05, 4.69) is 0 Å². The fraction of sp³-hybridized carbons (Fsp3) is 0.294. The topological polar surface area (TPSA) is 57.6 Å². The van der Waals surface area contributed by atoms with Gasteiger partial charge in [-0.25, -0.2) is 0 Å². The lowest BCUT2D eigenvalue weighted by Gasteiger charge is -2.30. The van der Waals surface area contributed by atoms with Crippen molar-refractivity contribution in [3.8, 4) is 0 Å². The number of piperidine rings is 1. The van der Waals surface area contributed by atoms with Gasteiger partial charge in [-0.3, -0.25) is 9.59 Å². The van der Waals surface area contributed by atoms with E-state index in [-0.39, 0.29) is 11.7 Å². The van der Waals surface area contributed by atoms with Crippen LogP contribution in [0.1, 0.15) is 38.4 Å². The molecule has 2 aromatic rings. The number of carbonyl (C=O) groups is 2. The lowest BCUT2D eigenvalue weighted by Crippen LogP contribution is -2.42. The number of hydrogen-bond donors (Lipinski definition) is 1. The number of β-amino-alcohol motifs (C(OH)–C–C–N with tert-alkyl or cyclic N) is 1. The third kappa shape index (κ3) is 2.96. The molecule has 1 aromatic heterocycles. The van der Waals surface area contributed by atoms with Crippen LogP contribution in [0.15, 0.2) is 41.8 Å². The van der Waals surface area contributed by atoms with Crippen LogP contribution in [0.25, 0.3) is 0 Å². The Morgan fingerprint density at radius 3 is 2.59 bits per heavy atom. The number of aliphatic hydroxyl groups excluding tert-OH is 1. The Labute approximate surface area is 133 Å². The summed E-state index contributed by atoms with van der Waals surface area (Å²) in [5.41, 5.74) is 0.838. The van der Waals surface area contributed by atoms with E-state index in [1.54, 1.807) is 35.2 Å². The molecule has 1 atom stereocenters. The SMILES string of the molecule is O=C(c1cccs1)c1ccccc1C(=O)N1CCCC(O)C1. The average Bonchev–Trinajstić information content (AvgIpc) is 3.08. The van der Waals surface area contributed by atoms with E-state index in [1.165, 1.54) is 11.3 Å². The first kappa shape index (κ1) is 14.9. The minimum atomic E-state index is -0.474. The van der Waals surface area contributed by atoms with Crippen LogP contribution in [-0.2, 0) is 0 Å². The van der Waals surface area contributed by atoms with Crippen molar-refractivity contribution in [2.24, 2.45) is 0 Å². The molecule has 1 amide bonds. The predicted octanol–water partition coefficient (Wildman–Crippen LogP) is 2.58. The Bertz CT molecular complexity index is 681. The smallest absolute Gasteiger partial charge is 0.254 e. The third-order valence-corrected chi connectivity index (χ3v) is 4.70. The number of rotatable bonds is 3. The van der Waals surface area contributed by atoms with E-state index in [0.29, 0.717) is 29.1 Å². The molecule has 1 saturated heterocycles. The van der Waals surface area contributed by atoms with Crippen molar-refractivity contribution >= 4 is 23.0 Å². The maximum absolute atomic E-state index is 12.7. The van der Waals surface area contributed by atoms with Gasteiger partial charge in [0, 0.05) is 18.7 Å². The van der Waals surface area contributed by atoms with Crippen LogP contribution in [0, 0.1) is 0 Å². The molecule has 0 saturated carbocycles. The highest BCUT2D eigenvalue weighted by Crippen LogP contribution is 2.21. The van der Waals surface area contributed by atoms with Gasteiger partial charge >= 0.3 is 0 Å². The summed E-state index contributed by atoms with van der Waals surface area (Å²) in [6.07, 6.45) is 1.03. The van der Waals surface area contributed by atoms with Gasteiger partial charge in [0.25, 0.3) is 5.91 Å². The molecule has 1 aliphatic heterocycles. The maximum atomic E-state index is 12.7. The van der Waals surface area contributed by atoms with Crippen LogP contribution in [0.5, 0.6) is 0 Å². The second-order valence-corrected chi connectivity index (χ2v) is 6.35. The fourth-order valence-corrected chi connectivity index (χ4v) is 3.40. The van der Waals surface area contributed by atoms with Crippen molar-refractivity contribution in [2.75, 3.05) is 13.1 Å². The van der Waals surface area contributed by atoms with Crippen molar-refractivity contribution < 1.29 is 14.7 Å². The zero-order valence-electron chi connectivity index (χ0n) is 12.1. The average molecular weight is 315 g/mol. The number of nitrogens with zero attached hydrogens (tertiary/aromatic N) is 1. The quantitative estimate of drug-likeness (QED) is 0.886. The van der Waals surface area contributed by atoms with E-state index < -0.39 is 6.10 Å². The summed E-state index contributed by atoms with van der Waals surface area (Å²) in [5, 5.41) is 11.6. The van der Waals surface area contributed by atoms with Gasteiger partial charge in [-0.1, -0.05) is 24.3 Å². The summed E-state index contributed by atoms with van der Waals surface area (Å²) >= 11 is 1.37. The Kier molecular flexibility index (Phi) is 4.36. The summed E-state index contributed by atoms with van der Waals surface area (Å²) in [4.78, 5) is 27.5. The first-order valence-corrected chi connectivity index (χ1v) is 8.19. The molecule has 0 radical (unpaired) electrons. The molecule has 1 aliphatic rings. The zero-order chi connectivity index (χ0) is 15.5. The summed E-state index contributed by atoms with van der Waals surface area (Å²) in [7, 11) is 0. The fourth-order valence-electron chi connectivity index (χ4n) is 2.72. The van der Waals surface area contributed by atoms with E-state index in [9.17, 15) is 14.7 Å². The number of ketones is 1. The summed E-state index contributed by atoms with van der Waals surface area (Å²) < 4.78 is 0. The number of thiophene rings is 1. The van der Waals surface area contributed by atoms with Crippen molar-refractivity contribution in [3.05, 3.63) is 57.8 Å². The molecule has 22 heavy (non-hydrogen) atoms. The van der Waals surface area contributed by atoms with Gasteiger partial charge in [-0.2, -0.15) is 0 Å². The molecule has 114 valence electrons. The van der Waals surface area contributed by atoms with Gasteiger partial charge in [-0.05, 0) is 30.4 Å². The van der Waals surface area contributed by atoms with Gasteiger partial charge in [-0.15, -0.1) is 11.3 Å². The molecule has 1 fully saturated rings. The molecule has 0 aliphatic carbocycles. The van der Waals surface area contributed by atoms with Gasteiger partial charge in [0.05, 0.1) is 16.5 Å². The van der Waals surface area contributed by atoms with Gasteiger partial charge in [0.1, 0.15) is 0 Å². The normalized spacial score (nSPS) is 18.2. The Morgan fingerprint density at radius 1 is 1.14 bits per heavy atom. The number of carbonyl (C=O) groups excluding carboxylic acids is 2. The van der Waals surface area contributed by atoms with Crippen molar-refractivity contribution in [1.29, 1.82) is 0 Å². The van der Waals surface area contributed by atoms with Gasteiger partial charge in [0.2, 0.25) is 5.78 Å². The molecule has 0 spiro atoms. The van der Waals surface area contributed by atoms with E-state index >= 15 is 0 Å². The van der Waals surface area contributed by atoms with E-state index in [1.807, 2.05) is 11.4 Å². The minimum absolute atomic E-state index is 0.128. The molecule has 1 unspecified atom stereocenters. The molecular formula is C17H17NO3S. The lowest BCUT2D eigenvalue weighted by atomic mass is 10.00. The van der Waals surface area contributed by atoms with Crippen LogP contribution >= 0.6 is 11.3 Å². The minimum Gasteiger partial charge on any atom is -0.391 e.